The lowest BCUT2D eigenvalue weighted by Gasteiger charge is -2.29. The first-order valence-electron chi connectivity index (χ1n) is 8.93. The van der Waals surface area contributed by atoms with E-state index in [2.05, 4.69) is 25.5 Å². The minimum absolute atomic E-state index is 0.269. The Hall–Kier alpha value is -3.46. The highest BCUT2D eigenvalue weighted by atomic mass is 16.5. The molecule has 9 heteroatoms. The van der Waals surface area contributed by atoms with Crippen molar-refractivity contribution in [2.75, 3.05) is 36.5 Å². The number of carbonyl (C=O) groups is 1. The highest BCUT2D eigenvalue weighted by molar-refractivity contribution is 6.05. The molecular weight excluding hydrogens is 360 g/mol. The van der Waals surface area contributed by atoms with Crippen LogP contribution in [-0.4, -0.2) is 57.7 Å². The van der Waals surface area contributed by atoms with Crippen molar-refractivity contribution < 1.29 is 14.7 Å². The van der Waals surface area contributed by atoms with Crippen LogP contribution in [0.15, 0.2) is 47.8 Å². The lowest BCUT2D eigenvalue weighted by atomic mass is 10.1. The second-order valence-corrected chi connectivity index (χ2v) is 6.42. The summed E-state index contributed by atoms with van der Waals surface area (Å²) in [6, 6.07) is 10.4. The molecule has 0 unspecified atom stereocenters. The molecular formula is C19H20N6O3. The standard InChI is InChI=1S/C19H20N6O3/c1-13(23-27)14-2-4-15(5-3-14)19(26)22-16-12-18(24-8-10-28-11-9-24)25-17(21-16)6-7-20-25/h2-7,12,27H,8-11H2,1H3,(H,21,22,26)/b23-13-. The predicted molar refractivity (Wildman–Crippen MR) is 104 cm³/mol. The molecule has 0 bridgehead atoms. The maximum absolute atomic E-state index is 12.6. The minimum atomic E-state index is -0.269. The number of benzene rings is 1. The van der Waals surface area contributed by atoms with Gasteiger partial charge in [0.1, 0.15) is 11.6 Å². The van der Waals surface area contributed by atoms with Crippen molar-refractivity contribution in [3.8, 4) is 0 Å². The number of nitrogens with one attached hydrogen (secondary N) is 1. The van der Waals surface area contributed by atoms with Gasteiger partial charge in [0.2, 0.25) is 0 Å². The van der Waals surface area contributed by atoms with Gasteiger partial charge in [0.15, 0.2) is 5.65 Å². The van der Waals surface area contributed by atoms with Crippen LogP contribution < -0.4 is 10.2 Å². The summed E-state index contributed by atoms with van der Waals surface area (Å²) in [6.07, 6.45) is 1.68. The fraction of sp³-hybridized carbons (Fsp3) is 0.263. The topological polar surface area (TPSA) is 104 Å². The monoisotopic (exact) mass is 380 g/mol. The van der Waals surface area contributed by atoms with Crippen molar-refractivity contribution in [1.29, 1.82) is 0 Å². The molecule has 0 radical (unpaired) electrons. The number of fused-ring (bicyclic) bond motifs is 1. The van der Waals surface area contributed by atoms with Crippen LogP contribution in [0.1, 0.15) is 22.8 Å². The van der Waals surface area contributed by atoms with E-state index < -0.39 is 0 Å². The number of nitrogens with zero attached hydrogens (tertiary/aromatic N) is 5. The Bertz CT molecular complexity index is 1020. The molecule has 0 spiro atoms. The quantitative estimate of drug-likeness (QED) is 0.408. The van der Waals surface area contributed by atoms with E-state index in [0.29, 0.717) is 36.0 Å². The molecule has 1 fully saturated rings. The smallest absolute Gasteiger partial charge is 0.256 e. The summed E-state index contributed by atoms with van der Waals surface area (Å²) in [5, 5.41) is 19.2. The van der Waals surface area contributed by atoms with Crippen LogP contribution in [0.3, 0.4) is 0 Å². The van der Waals surface area contributed by atoms with Gasteiger partial charge < -0.3 is 20.2 Å². The second-order valence-electron chi connectivity index (χ2n) is 6.42. The summed E-state index contributed by atoms with van der Waals surface area (Å²) >= 11 is 0. The van der Waals surface area contributed by atoms with E-state index >= 15 is 0 Å². The maximum Gasteiger partial charge on any atom is 0.256 e. The highest BCUT2D eigenvalue weighted by Gasteiger charge is 2.17. The average molecular weight is 380 g/mol. The van der Waals surface area contributed by atoms with Gasteiger partial charge in [-0.3, -0.25) is 4.79 Å². The van der Waals surface area contributed by atoms with E-state index in [9.17, 15) is 4.79 Å². The van der Waals surface area contributed by atoms with Crippen LogP contribution in [-0.2, 0) is 4.74 Å². The summed E-state index contributed by atoms with van der Waals surface area (Å²) in [6.45, 7) is 4.48. The SMILES string of the molecule is C/C(=N/O)c1ccc(C(=O)Nc2cc(N3CCOCC3)n3nccc3n2)cc1. The van der Waals surface area contributed by atoms with Gasteiger partial charge in [0.25, 0.3) is 5.91 Å². The largest absolute Gasteiger partial charge is 0.411 e. The zero-order valence-corrected chi connectivity index (χ0v) is 15.4. The molecule has 0 aliphatic carbocycles. The van der Waals surface area contributed by atoms with Gasteiger partial charge in [-0.25, -0.2) is 4.98 Å². The summed E-state index contributed by atoms with van der Waals surface area (Å²) in [7, 11) is 0. The molecule has 4 rings (SSSR count). The molecule has 28 heavy (non-hydrogen) atoms. The van der Waals surface area contributed by atoms with E-state index in [1.54, 1.807) is 48.0 Å². The molecule has 2 aromatic heterocycles. The first kappa shape index (κ1) is 17.9. The molecule has 1 saturated heterocycles. The maximum atomic E-state index is 12.6. The molecule has 0 saturated carbocycles. The number of carbonyl (C=O) groups excluding carboxylic acids is 1. The summed E-state index contributed by atoms with van der Waals surface area (Å²) in [5.74, 6) is 1.05. The fourth-order valence-corrected chi connectivity index (χ4v) is 3.09. The second kappa shape index (κ2) is 7.65. The van der Waals surface area contributed by atoms with Gasteiger partial charge in [0.05, 0.1) is 25.1 Å². The van der Waals surface area contributed by atoms with Crippen LogP contribution in [0.4, 0.5) is 11.6 Å². The molecule has 3 aromatic rings. The Balaban J connectivity index is 1.59. The zero-order chi connectivity index (χ0) is 19.5. The summed E-state index contributed by atoms with van der Waals surface area (Å²) in [4.78, 5) is 19.3. The third kappa shape index (κ3) is 3.52. The predicted octanol–water partition coefficient (Wildman–Crippen LogP) is 2.02. The number of morpholine rings is 1. The van der Waals surface area contributed by atoms with Gasteiger partial charge in [-0.05, 0) is 24.6 Å². The number of aromatic nitrogens is 3. The molecule has 3 heterocycles. The molecule has 1 aromatic carbocycles. The first-order chi connectivity index (χ1) is 13.7. The van der Waals surface area contributed by atoms with E-state index in [1.165, 1.54) is 0 Å². The third-order valence-corrected chi connectivity index (χ3v) is 4.63. The first-order valence-corrected chi connectivity index (χ1v) is 8.93. The van der Waals surface area contributed by atoms with Crippen molar-refractivity contribution in [2.45, 2.75) is 6.92 Å². The van der Waals surface area contributed by atoms with Crippen molar-refractivity contribution in [2.24, 2.45) is 5.16 Å². The van der Waals surface area contributed by atoms with Gasteiger partial charge in [0, 0.05) is 30.8 Å². The number of hydrogen-bond acceptors (Lipinski definition) is 7. The van der Waals surface area contributed by atoms with Gasteiger partial charge in [-0.15, -0.1) is 0 Å². The molecule has 1 amide bonds. The Morgan fingerprint density at radius 3 is 2.61 bits per heavy atom. The average Bonchev–Trinajstić information content (AvgIpc) is 3.22. The number of anilines is 2. The third-order valence-electron chi connectivity index (χ3n) is 4.63. The van der Waals surface area contributed by atoms with E-state index in [-0.39, 0.29) is 5.91 Å². The Morgan fingerprint density at radius 1 is 1.18 bits per heavy atom. The number of amides is 1. The van der Waals surface area contributed by atoms with Crippen LogP contribution >= 0.6 is 0 Å². The van der Waals surface area contributed by atoms with Gasteiger partial charge in [-0.2, -0.15) is 9.61 Å². The normalized spacial score (nSPS) is 15.0. The van der Waals surface area contributed by atoms with Crippen LogP contribution in [0.2, 0.25) is 0 Å². The summed E-state index contributed by atoms with van der Waals surface area (Å²) < 4.78 is 7.18. The summed E-state index contributed by atoms with van der Waals surface area (Å²) in [5.41, 5.74) is 2.37. The Labute approximate surface area is 161 Å². The van der Waals surface area contributed by atoms with Crippen molar-refractivity contribution >= 4 is 28.9 Å². The van der Waals surface area contributed by atoms with E-state index in [4.69, 9.17) is 9.94 Å². The lowest BCUT2D eigenvalue weighted by Crippen LogP contribution is -2.37. The number of hydrogen-bond donors (Lipinski definition) is 2. The van der Waals surface area contributed by atoms with Crippen molar-refractivity contribution in [3.63, 3.8) is 0 Å². The lowest BCUT2D eigenvalue weighted by molar-refractivity contribution is 0.102. The van der Waals surface area contributed by atoms with E-state index in [1.807, 2.05) is 6.07 Å². The van der Waals surface area contributed by atoms with Crippen LogP contribution in [0, 0.1) is 0 Å². The Morgan fingerprint density at radius 2 is 1.89 bits per heavy atom. The number of ether oxygens (including phenoxy) is 1. The number of rotatable bonds is 4. The number of oxime groups is 1. The fourth-order valence-electron chi connectivity index (χ4n) is 3.09. The highest BCUT2D eigenvalue weighted by Crippen LogP contribution is 2.21. The minimum Gasteiger partial charge on any atom is -0.411 e. The van der Waals surface area contributed by atoms with Gasteiger partial charge in [-0.1, -0.05) is 17.3 Å². The zero-order valence-electron chi connectivity index (χ0n) is 15.4. The molecule has 1 aliphatic rings. The Kier molecular flexibility index (Phi) is 4.90. The molecule has 2 N–H and O–H groups in total. The van der Waals surface area contributed by atoms with Crippen molar-refractivity contribution in [3.05, 3.63) is 53.7 Å². The van der Waals surface area contributed by atoms with Crippen molar-refractivity contribution in [1.82, 2.24) is 14.6 Å². The molecule has 1 aliphatic heterocycles. The van der Waals surface area contributed by atoms with Crippen LogP contribution in [0.25, 0.3) is 5.65 Å². The molecule has 0 atom stereocenters. The van der Waals surface area contributed by atoms with Crippen LogP contribution in [0.5, 0.6) is 0 Å². The van der Waals surface area contributed by atoms with Gasteiger partial charge >= 0.3 is 0 Å². The van der Waals surface area contributed by atoms with E-state index in [0.717, 1.165) is 24.5 Å². The molecule has 9 nitrogen and oxygen atoms in total. The molecule has 144 valence electrons.